The van der Waals surface area contributed by atoms with Crippen molar-refractivity contribution in [2.75, 3.05) is 0 Å². The van der Waals surface area contributed by atoms with E-state index in [4.69, 9.17) is 4.74 Å². The summed E-state index contributed by atoms with van der Waals surface area (Å²) < 4.78 is 5.51. The molecule has 0 unspecified atom stereocenters. The van der Waals surface area contributed by atoms with Gasteiger partial charge in [0.25, 0.3) is 0 Å². The number of pyridine rings is 1. The van der Waals surface area contributed by atoms with Crippen LogP contribution in [0.15, 0.2) is 18.3 Å². The molecular formula is C19H27N5O2. The summed E-state index contributed by atoms with van der Waals surface area (Å²) in [7, 11) is 0. The van der Waals surface area contributed by atoms with Crippen LogP contribution in [0.4, 0.5) is 0 Å². The molecule has 1 saturated carbocycles. The Hall–Kier alpha value is -2.31. The summed E-state index contributed by atoms with van der Waals surface area (Å²) in [4.78, 5) is 18.1. The Balaban J connectivity index is 1.53. The van der Waals surface area contributed by atoms with Crippen LogP contribution in [0.1, 0.15) is 52.1 Å². The summed E-state index contributed by atoms with van der Waals surface area (Å²) >= 11 is 0. The van der Waals surface area contributed by atoms with E-state index in [-0.39, 0.29) is 11.9 Å². The summed E-state index contributed by atoms with van der Waals surface area (Å²) in [5.74, 6) is 1.04. The highest BCUT2D eigenvalue weighted by Crippen LogP contribution is 2.31. The molecule has 1 aliphatic carbocycles. The van der Waals surface area contributed by atoms with Crippen molar-refractivity contribution in [2.24, 2.45) is 11.8 Å². The van der Waals surface area contributed by atoms with Gasteiger partial charge in [-0.05, 0) is 76.6 Å². The van der Waals surface area contributed by atoms with Crippen LogP contribution in [0.3, 0.4) is 0 Å². The molecule has 0 aliphatic heterocycles. The molecule has 3 rings (SSSR count). The summed E-state index contributed by atoms with van der Waals surface area (Å²) in [5.41, 5.74) is 1.44. The maximum absolute atomic E-state index is 12.2. The first-order chi connectivity index (χ1) is 12.3. The van der Waals surface area contributed by atoms with Gasteiger partial charge in [-0.3, -0.25) is 9.78 Å². The van der Waals surface area contributed by atoms with Crippen molar-refractivity contribution < 1.29 is 9.53 Å². The second-order valence-electron chi connectivity index (χ2n) is 8.10. The van der Waals surface area contributed by atoms with Crippen molar-refractivity contribution in [1.82, 2.24) is 25.2 Å². The Bertz CT molecular complexity index is 757. The minimum Gasteiger partial charge on any atom is -0.460 e. The fourth-order valence-corrected chi connectivity index (χ4v) is 3.32. The average Bonchev–Trinajstić information content (AvgIpc) is 3.02. The maximum atomic E-state index is 12.2. The molecule has 0 bridgehead atoms. The Labute approximate surface area is 154 Å². The van der Waals surface area contributed by atoms with E-state index < -0.39 is 5.60 Å². The second-order valence-corrected chi connectivity index (χ2v) is 8.10. The molecule has 7 nitrogen and oxygen atoms in total. The van der Waals surface area contributed by atoms with Crippen LogP contribution in [0.25, 0.3) is 11.4 Å². The number of carbonyl (C=O) groups is 1. The largest absolute Gasteiger partial charge is 0.460 e. The number of esters is 1. The third-order valence-electron chi connectivity index (χ3n) is 4.62. The summed E-state index contributed by atoms with van der Waals surface area (Å²) in [6.45, 7) is 8.41. The average molecular weight is 357 g/mol. The van der Waals surface area contributed by atoms with Crippen LogP contribution in [0.2, 0.25) is 0 Å². The molecule has 140 valence electrons. The third-order valence-corrected chi connectivity index (χ3v) is 4.62. The number of hydrogen-bond acceptors (Lipinski definition) is 6. The van der Waals surface area contributed by atoms with E-state index in [1.54, 1.807) is 11.0 Å². The van der Waals surface area contributed by atoms with Gasteiger partial charge in [-0.1, -0.05) is 0 Å². The van der Waals surface area contributed by atoms with Gasteiger partial charge in [-0.15, -0.1) is 10.2 Å². The van der Waals surface area contributed by atoms with Gasteiger partial charge in [-0.25, -0.2) is 0 Å². The van der Waals surface area contributed by atoms with Crippen LogP contribution < -0.4 is 0 Å². The van der Waals surface area contributed by atoms with Gasteiger partial charge in [0, 0.05) is 17.5 Å². The summed E-state index contributed by atoms with van der Waals surface area (Å²) in [5, 5.41) is 12.8. The Kier molecular flexibility index (Phi) is 5.34. The van der Waals surface area contributed by atoms with E-state index >= 15 is 0 Å². The topological polar surface area (TPSA) is 82.8 Å². The predicted molar refractivity (Wildman–Crippen MR) is 97.1 cm³/mol. The van der Waals surface area contributed by atoms with E-state index in [9.17, 15) is 4.79 Å². The molecule has 0 atom stereocenters. The van der Waals surface area contributed by atoms with Crippen LogP contribution in [0, 0.1) is 18.8 Å². The van der Waals surface area contributed by atoms with Crippen LogP contribution in [-0.4, -0.2) is 36.8 Å². The lowest BCUT2D eigenvalue weighted by atomic mass is 9.82. The summed E-state index contributed by atoms with van der Waals surface area (Å²) in [6, 6.07) is 3.84. The van der Waals surface area contributed by atoms with Gasteiger partial charge < -0.3 is 4.74 Å². The standard InChI is InChI=1S/C19H27N5O2/c1-13-11-16(9-10-20-13)17-21-23-24(22-17)12-14-5-7-15(8-6-14)18(25)26-19(2,3)4/h9-11,14-15H,5-8,12H2,1-4H3/t14-,15+. The van der Waals surface area contributed by atoms with Crippen LogP contribution in [-0.2, 0) is 16.1 Å². The monoisotopic (exact) mass is 357 g/mol. The van der Waals surface area contributed by atoms with Crippen molar-refractivity contribution in [2.45, 2.75) is 65.5 Å². The number of rotatable bonds is 4. The number of aryl methyl sites for hydroxylation is 1. The van der Waals surface area contributed by atoms with Crippen LogP contribution in [0.5, 0.6) is 0 Å². The molecule has 2 heterocycles. The van der Waals surface area contributed by atoms with Crippen molar-refractivity contribution >= 4 is 5.97 Å². The molecule has 0 spiro atoms. The molecule has 26 heavy (non-hydrogen) atoms. The van der Waals surface area contributed by atoms with Gasteiger partial charge in [0.2, 0.25) is 5.82 Å². The van der Waals surface area contributed by atoms with Gasteiger partial charge in [-0.2, -0.15) is 4.80 Å². The maximum Gasteiger partial charge on any atom is 0.309 e. The number of hydrogen-bond donors (Lipinski definition) is 0. The first-order valence-electron chi connectivity index (χ1n) is 9.24. The van der Waals surface area contributed by atoms with E-state index in [2.05, 4.69) is 20.4 Å². The Morgan fingerprint density at radius 1 is 1.27 bits per heavy atom. The zero-order valence-electron chi connectivity index (χ0n) is 16.0. The molecule has 0 N–H and O–H groups in total. The van der Waals surface area contributed by atoms with Gasteiger partial charge in [0.1, 0.15) is 5.60 Å². The molecule has 1 aliphatic rings. The first-order valence-corrected chi connectivity index (χ1v) is 9.24. The van der Waals surface area contributed by atoms with Crippen LogP contribution >= 0.6 is 0 Å². The van der Waals surface area contributed by atoms with E-state index in [1.165, 1.54) is 0 Å². The molecule has 0 aromatic carbocycles. The molecular weight excluding hydrogens is 330 g/mol. The fourth-order valence-electron chi connectivity index (χ4n) is 3.32. The predicted octanol–water partition coefficient (Wildman–Crippen LogP) is 3.19. The second kappa shape index (κ2) is 7.51. The Morgan fingerprint density at radius 2 is 2.00 bits per heavy atom. The van der Waals surface area contributed by atoms with Crippen molar-refractivity contribution in [3.8, 4) is 11.4 Å². The normalized spacial score (nSPS) is 20.8. The lowest BCUT2D eigenvalue weighted by Crippen LogP contribution is -2.31. The molecule has 0 saturated heterocycles. The van der Waals surface area contributed by atoms with E-state index in [0.717, 1.165) is 43.5 Å². The van der Waals surface area contributed by atoms with Crippen molar-refractivity contribution in [3.05, 3.63) is 24.0 Å². The summed E-state index contributed by atoms with van der Waals surface area (Å²) in [6.07, 6.45) is 5.45. The highest BCUT2D eigenvalue weighted by atomic mass is 16.6. The lowest BCUT2D eigenvalue weighted by molar-refractivity contribution is -0.161. The zero-order chi connectivity index (χ0) is 18.7. The third kappa shape index (κ3) is 4.86. The van der Waals surface area contributed by atoms with E-state index in [0.29, 0.717) is 11.7 Å². The SMILES string of the molecule is Cc1cc(-c2nnn(C[C@H]3CC[C@@H](C(=O)OC(C)(C)C)CC3)n2)ccn1. The molecule has 0 radical (unpaired) electrons. The van der Waals surface area contributed by atoms with E-state index in [1.807, 2.05) is 39.8 Å². The number of ether oxygens (including phenoxy) is 1. The number of aromatic nitrogens is 5. The molecule has 2 aromatic heterocycles. The number of carbonyl (C=O) groups excluding carboxylic acids is 1. The Morgan fingerprint density at radius 3 is 2.65 bits per heavy atom. The quantitative estimate of drug-likeness (QED) is 0.782. The minimum atomic E-state index is -0.416. The van der Waals surface area contributed by atoms with Crippen molar-refractivity contribution in [1.29, 1.82) is 0 Å². The van der Waals surface area contributed by atoms with Gasteiger partial charge in [0.15, 0.2) is 0 Å². The first kappa shape index (κ1) is 18.5. The molecule has 2 aromatic rings. The molecule has 0 amide bonds. The lowest BCUT2D eigenvalue weighted by Gasteiger charge is -2.29. The van der Waals surface area contributed by atoms with Gasteiger partial charge >= 0.3 is 5.97 Å². The smallest absolute Gasteiger partial charge is 0.309 e. The minimum absolute atomic E-state index is 0.0181. The molecule has 7 heteroatoms. The highest BCUT2D eigenvalue weighted by molar-refractivity contribution is 5.72. The fraction of sp³-hybridized carbons (Fsp3) is 0.632. The highest BCUT2D eigenvalue weighted by Gasteiger charge is 2.30. The van der Waals surface area contributed by atoms with Gasteiger partial charge in [0.05, 0.1) is 12.5 Å². The van der Waals surface area contributed by atoms with Crippen molar-refractivity contribution in [3.63, 3.8) is 0 Å². The molecule has 1 fully saturated rings. The number of tetrazole rings is 1. The zero-order valence-corrected chi connectivity index (χ0v) is 16.0. The number of nitrogens with zero attached hydrogens (tertiary/aromatic N) is 5.